The summed E-state index contributed by atoms with van der Waals surface area (Å²) in [6, 6.07) is 10.4. The SMILES string of the molecule is CCOc1ccc(SCC(=O)O[C@H](C)C(=O)Nc2c(F)cccc2F)cc1. The van der Waals surface area contributed by atoms with E-state index in [4.69, 9.17) is 9.47 Å². The van der Waals surface area contributed by atoms with E-state index >= 15 is 0 Å². The molecule has 2 aromatic rings. The second kappa shape index (κ2) is 9.91. The number of hydrogen-bond acceptors (Lipinski definition) is 5. The summed E-state index contributed by atoms with van der Waals surface area (Å²) in [6.07, 6.45) is -1.20. The van der Waals surface area contributed by atoms with Crippen LogP contribution in [0.5, 0.6) is 5.75 Å². The molecule has 1 amide bonds. The van der Waals surface area contributed by atoms with E-state index < -0.39 is 35.3 Å². The summed E-state index contributed by atoms with van der Waals surface area (Å²) in [4.78, 5) is 24.7. The molecule has 2 rings (SSSR count). The number of esters is 1. The molecule has 0 radical (unpaired) electrons. The number of ether oxygens (including phenoxy) is 2. The zero-order valence-electron chi connectivity index (χ0n) is 14.8. The van der Waals surface area contributed by atoms with Crippen molar-refractivity contribution in [3.63, 3.8) is 0 Å². The fraction of sp³-hybridized carbons (Fsp3) is 0.263. The Morgan fingerprint density at radius 2 is 1.74 bits per heavy atom. The summed E-state index contributed by atoms with van der Waals surface area (Å²) in [7, 11) is 0. The summed E-state index contributed by atoms with van der Waals surface area (Å²) in [5.41, 5.74) is -0.575. The Labute approximate surface area is 160 Å². The summed E-state index contributed by atoms with van der Waals surface area (Å²) in [5, 5.41) is 2.09. The van der Waals surface area contributed by atoms with Crippen molar-refractivity contribution in [3.8, 4) is 5.75 Å². The molecule has 0 aromatic heterocycles. The Balaban J connectivity index is 1.83. The lowest BCUT2D eigenvalue weighted by Crippen LogP contribution is -2.31. The fourth-order valence-electron chi connectivity index (χ4n) is 2.07. The molecule has 0 fully saturated rings. The maximum Gasteiger partial charge on any atom is 0.317 e. The Morgan fingerprint density at radius 3 is 2.33 bits per heavy atom. The molecule has 0 spiro atoms. The molecule has 0 saturated heterocycles. The third kappa shape index (κ3) is 6.25. The minimum atomic E-state index is -1.20. The maximum absolute atomic E-state index is 13.5. The Kier molecular flexibility index (Phi) is 7.60. The van der Waals surface area contributed by atoms with Gasteiger partial charge in [0, 0.05) is 4.90 Å². The van der Waals surface area contributed by atoms with Gasteiger partial charge in [-0.15, -0.1) is 11.8 Å². The van der Waals surface area contributed by atoms with Crippen molar-refractivity contribution >= 4 is 29.3 Å². The minimum Gasteiger partial charge on any atom is -0.494 e. The predicted molar refractivity (Wildman–Crippen MR) is 98.9 cm³/mol. The largest absolute Gasteiger partial charge is 0.494 e. The van der Waals surface area contributed by atoms with Gasteiger partial charge in [-0.05, 0) is 50.2 Å². The Hall–Kier alpha value is -2.61. The third-order valence-corrected chi connectivity index (χ3v) is 4.37. The topological polar surface area (TPSA) is 64.6 Å². The van der Waals surface area contributed by atoms with E-state index in [0.717, 1.165) is 22.8 Å². The number of amides is 1. The van der Waals surface area contributed by atoms with Gasteiger partial charge in [0.25, 0.3) is 5.91 Å². The number of hydrogen-bond donors (Lipinski definition) is 1. The third-order valence-electron chi connectivity index (χ3n) is 3.38. The van der Waals surface area contributed by atoms with Gasteiger partial charge in [0.2, 0.25) is 0 Å². The zero-order chi connectivity index (χ0) is 19.8. The van der Waals surface area contributed by atoms with Crippen LogP contribution in [0.25, 0.3) is 0 Å². The van der Waals surface area contributed by atoms with Gasteiger partial charge in [0.1, 0.15) is 23.1 Å². The molecular formula is C19H19F2NO4S. The first-order valence-electron chi connectivity index (χ1n) is 8.20. The standard InChI is InChI=1S/C19H19F2NO4S/c1-3-25-13-7-9-14(10-8-13)27-11-17(23)26-12(2)19(24)22-18-15(20)5-4-6-16(18)21/h4-10,12H,3,11H2,1-2H3,(H,22,24)/t12-/m1/s1. The monoisotopic (exact) mass is 395 g/mol. The van der Waals surface area contributed by atoms with Crippen LogP contribution in [0.3, 0.4) is 0 Å². The van der Waals surface area contributed by atoms with E-state index in [0.29, 0.717) is 6.61 Å². The second-order valence-corrected chi connectivity index (χ2v) is 6.46. The van der Waals surface area contributed by atoms with Crippen molar-refractivity contribution in [1.29, 1.82) is 0 Å². The highest BCUT2D eigenvalue weighted by Crippen LogP contribution is 2.22. The van der Waals surface area contributed by atoms with Crippen molar-refractivity contribution in [3.05, 3.63) is 54.1 Å². The molecule has 1 N–H and O–H groups in total. The highest BCUT2D eigenvalue weighted by molar-refractivity contribution is 8.00. The van der Waals surface area contributed by atoms with E-state index in [9.17, 15) is 18.4 Å². The average molecular weight is 395 g/mol. The van der Waals surface area contributed by atoms with Crippen molar-refractivity contribution < 1.29 is 27.8 Å². The van der Waals surface area contributed by atoms with Crippen LogP contribution >= 0.6 is 11.8 Å². The van der Waals surface area contributed by atoms with Gasteiger partial charge >= 0.3 is 5.97 Å². The molecule has 0 aliphatic carbocycles. The number of carbonyl (C=O) groups excluding carboxylic acids is 2. The minimum absolute atomic E-state index is 0.0142. The van der Waals surface area contributed by atoms with Crippen molar-refractivity contribution in [2.45, 2.75) is 24.8 Å². The first kappa shape index (κ1) is 20.7. The smallest absolute Gasteiger partial charge is 0.317 e. The second-order valence-electron chi connectivity index (χ2n) is 5.41. The molecule has 1 atom stereocenters. The molecule has 8 heteroatoms. The molecule has 0 unspecified atom stereocenters. The molecule has 27 heavy (non-hydrogen) atoms. The molecule has 0 saturated carbocycles. The van der Waals surface area contributed by atoms with Gasteiger partial charge in [-0.1, -0.05) is 6.07 Å². The normalized spacial score (nSPS) is 11.6. The van der Waals surface area contributed by atoms with Crippen LogP contribution in [0.4, 0.5) is 14.5 Å². The number of anilines is 1. The fourth-order valence-corrected chi connectivity index (χ4v) is 2.75. The zero-order valence-corrected chi connectivity index (χ0v) is 15.6. The number of rotatable bonds is 8. The van der Waals surface area contributed by atoms with E-state index in [-0.39, 0.29) is 5.75 Å². The van der Waals surface area contributed by atoms with Crippen molar-refractivity contribution in [2.24, 2.45) is 0 Å². The lowest BCUT2D eigenvalue weighted by atomic mass is 10.2. The molecule has 144 valence electrons. The van der Waals surface area contributed by atoms with Gasteiger partial charge in [-0.3, -0.25) is 9.59 Å². The lowest BCUT2D eigenvalue weighted by molar-refractivity contribution is -0.150. The van der Waals surface area contributed by atoms with Crippen molar-refractivity contribution in [2.75, 3.05) is 17.7 Å². The molecule has 2 aromatic carbocycles. The van der Waals surface area contributed by atoms with Gasteiger partial charge in [-0.25, -0.2) is 8.78 Å². The molecule has 0 bridgehead atoms. The lowest BCUT2D eigenvalue weighted by Gasteiger charge is -2.14. The summed E-state index contributed by atoms with van der Waals surface area (Å²) < 4.78 is 37.4. The van der Waals surface area contributed by atoms with Gasteiger partial charge < -0.3 is 14.8 Å². The van der Waals surface area contributed by atoms with Gasteiger partial charge in [0.05, 0.1) is 12.4 Å². The molecule has 0 aliphatic rings. The number of carbonyl (C=O) groups is 2. The van der Waals surface area contributed by atoms with Crippen molar-refractivity contribution in [1.82, 2.24) is 0 Å². The average Bonchev–Trinajstić information content (AvgIpc) is 2.64. The predicted octanol–water partition coefficient (Wildman–Crippen LogP) is 4.03. The summed E-state index contributed by atoms with van der Waals surface area (Å²) in [6.45, 7) is 3.78. The first-order chi connectivity index (χ1) is 12.9. The van der Waals surface area contributed by atoms with E-state index in [2.05, 4.69) is 5.32 Å². The van der Waals surface area contributed by atoms with Crippen LogP contribution in [0.1, 0.15) is 13.8 Å². The summed E-state index contributed by atoms with van der Waals surface area (Å²) in [5.74, 6) is -2.54. The molecule has 0 heterocycles. The highest BCUT2D eigenvalue weighted by atomic mass is 32.2. The van der Waals surface area contributed by atoms with Crippen LogP contribution in [0.15, 0.2) is 47.4 Å². The Morgan fingerprint density at radius 1 is 1.11 bits per heavy atom. The summed E-state index contributed by atoms with van der Waals surface area (Å²) >= 11 is 1.24. The van der Waals surface area contributed by atoms with E-state index in [1.807, 2.05) is 6.92 Å². The van der Waals surface area contributed by atoms with Crippen LogP contribution in [-0.4, -0.2) is 30.3 Å². The van der Waals surface area contributed by atoms with Gasteiger partial charge in [-0.2, -0.15) is 0 Å². The van der Waals surface area contributed by atoms with Crippen LogP contribution in [0, 0.1) is 11.6 Å². The molecule has 0 aliphatic heterocycles. The highest BCUT2D eigenvalue weighted by Gasteiger charge is 2.20. The molecular weight excluding hydrogens is 376 g/mol. The number of para-hydroxylation sites is 1. The molecule has 5 nitrogen and oxygen atoms in total. The van der Waals surface area contributed by atoms with Gasteiger partial charge in [0.15, 0.2) is 6.10 Å². The number of benzene rings is 2. The quantitative estimate of drug-likeness (QED) is 0.540. The van der Waals surface area contributed by atoms with E-state index in [1.165, 1.54) is 24.8 Å². The number of halogens is 2. The van der Waals surface area contributed by atoms with Crippen LogP contribution in [-0.2, 0) is 14.3 Å². The maximum atomic E-state index is 13.5. The first-order valence-corrected chi connectivity index (χ1v) is 9.19. The van der Waals surface area contributed by atoms with Crippen LogP contribution in [0.2, 0.25) is 0 Å². The number of thioether (sulfide) groups is 1. The van der Waals surface area contributed by atoms with Crippen LogP contribution < -0.4 is 10.1 Å². The number of nitrogens with one attached hydrogen (secondary N) is 1. The Bertz CT molecular complexity index is 779. The van der Waals surface area contributed by atoms with E-state index in [1.54, 1.807) is 24.3 Å².